The van der Waals surface area contributed by atoms with Crippen molar-refractivity contribution in [3.63, 3.8) is 0 Å². The highest BCUT2D eigenvalue weighted by atomic mass is 15.1. The predicted octanol–water partition coefficient (Wildman–Crippen LogP) is 2.99. The molecule has 2 aliphatic rings. The largest absolute Gasteiger partial charge is 0.383 e. The first-order valence-corrected chi connectivity index (χ1v) is 7.06. The summed E-state index contributed by atoms with van der Waals surface area (Å²) < 4.78 is 0. The number of rotatable bonds is 4. The average molecular weight is 246 g/mol. The molecule has 0 aliphatic heterocycles. The lowest BCUT2D eigenvalue weighted by Gasteiger charge is -2.42. The van der Waals surface area contributed by atoms with Crippen LogP contribution in [0, 0.1) is 6.92 Å². The van der Waals surface area contributed by atoms with Crippen LogP contribution in [-0.2, 0) is 0 Å². The van der Waals surface area contributed by atoms with Gasteiger partial charge in [0.05, 0.1) is 0 Å². The molecule has 0 atom stereocenters. The molecule has 4 nitrogen and oxygen atoms in total. The molecule has 0 radical (unpaired) electrons. The number of hydrogen-bond acceptors (Lipinski definition) is 4. The van der Waals surface area contributed by atoms with E-state index in [1.165, 1.54) is 32.1 Å². The number of nitrogen functional groups attached to an aromatic ring is 1. The van der Waals surface area contributed by atoms with Crippen molar-refractivity contribution in [2.75, 3.05) is 11.1 Å². The fourth-order valence-corrected chi connectivity index (χ4v) is 2.62. The molecule has 98 valence electrons. The van der Waals surface area contributed by atoms with E-state index in [2.05, 4.69) is 17.2 Å². The number of nitrogens with zero attached hydrogens (tertiary/aromatic N) is 2. The molecule has 4 heteroatoms. The van der Waals surface area contributed by atoms with E-state index < -0.39 is 0 Å². The highest BCUT2D eigenvalue weighted by Gasteiger charge is 2.36. The van der Waals surface area contributed by atoms with Gasteiger partial charge in [0.15, 0.2) is 0 Å². The Bertz CT molecular complexity index is 456. The minimum atomic E-state index is 0.256. The second-order valence-corrected chi connectivity index (χ2v) is 5.83. The number of hydrogen-bond donors (Lipinski definition) is 2. The van der Waals surface area contributed by atoms with Gasteiger partial charge in [-0.2, -0.15) is 0 Å². The lowest BCUT2D eigenvalue weighted by Crippen LogP contribution is -2.44. The first kappa shape index (κ1) is 11.8. The van der Waals surface area contributed by atoms with Gasteiger partial charge in [0.25, 0.3) is 0 Å². The van der Waals surface area contributed by atoms with Crippen LogP contribution >= 0.6 is 0 Å². The van der Waals surface area contributed by atoms with E-state index >= 15 is 0 Å². The summed E-state index contributed by atoms with van der Waals surface area (Å²) in [5.74, 6) is 3.09. The molecule has 2 fully saturated rings. The van der Waals surface area contributed by atoms with Gasteiger partial charge in [0, 0.05) is 17.0 Å². The van der Waals surface area contributed by atoms with Crippen LogP contribution in [0.2, 0.25) is 0 Å². The summed E-state index contributed by atoms with van der Waals surface area (Å²) in [5, 5.41) is 3.64. The Hall–Kier alpha value is -1.32. The maximum Gasteiger partial charge on any atom is 0.136 e. The molecule has 3 N–H and O–H groups in total. The molecule has 2 saturated carbocycles. The molecule has 0 bridgehead atoms. The van der Waals surface area contributed by atoms with Crippen LogP contribution in [0.3, 0.4) is 0 Å². The van der Waals surface area contributed by atoms with Crippen molar-refractivity contribution in [3.8, 4) is 0 Å². The fourth-order valence-electron chi connectivity index (χ4n) is 2.62. The molecule has 0 saturated heterocycles. The standard InChI is InChI=1S/C14H22N4/c1-3-14(7-4-8-14)18-12-9(2)11(15)16-13(17-12)10-5-6-10/h10H,3-8H2,1-2H3,(H3,15,16,17,18). The molecule has 1 aromatic heterocycles. The predicted molar refractivity (Wildman–Crippen MR) is 73.7 cm³/mol. The second-order valence-electron chi connectivity index (χ2n) is 5.83. The Kier molecular flexibility index (Phi) is 2.68. The summed E-state index contributed by atoms with van der Waals surface area (Å²) in [6, 6.07) is 0. The summed E-state index contributed by atoms with van der Waals surface area (Å²) in [6.45, 7) is 4.25. The van der Waals surface area contributed by atoms with Gasteiger partial charge >= 0.3 is 0 Å². The molecule has 0 amide bonds. The van der Waals surface area contributed by atoms with Crippen molar-refractivity contribution in [2.24, 2.45) is 0 Å². The minimum absolute atomic E-state index is 0.256. The van der Waals surface area contributed by atoms with E-state index in [-0.39, 0.29) is 5.54 Å². The summed E-state index contributed by atoms with van der Waals surface area (Å²) in [5.41, 5.74) is 7.27. The maximum atomic E-state index is 6.02. The number of aromatic nitrogens is 2. The van der Waals surface area contributed by atoms with Gasteiger partial charge in [-0.3, -0.25) is 0 Å². The summed E-state index contributed by atoms with van der Waals surface area (Å²) in [6.07, 6.45) is 7.37. The molecule has 2 aliphatic carbocycles. The molecule has 0 aromatic carbocycles. The minimum Gasteiger partial charge on any atom is -0.383 e. The molecular formula is C14H22N4. The highest BCUT2D eigenvalue weighted by molar-refractivity contribution is 5.56. The molecule has 3 rings (SSSR count). The Morgan fingerprint density at radius 1 is 1.33 bits per heavy atom. The van der Waals surface area contributed by atoms with Gasteiger partial charge in [-0.25, -0.2) is 9.97 Å². The van der Waals surface area contributed by atoms with E-state index in [9.17, 15) is 0 Å². The number of nitrogens with two attached hydrogens (primary N) is 1. The smallest absolute Gasteiger partial charge is 0.136 e. The van der Waals surface area contributed by atoms with Crippen LogP contribution in [0.15, 0.2) is 0 Å². The Balaban J connectivity index is 1.90. The average Bonchev–Trinajstić information content (AvgIpc) is 3.12. The third-order valence-corrected chi connectivity index (χ3v) is 4.51. The fraction of sp³-hybridized carbons (Fsp3) is 0.714. The first-order valence-electron chi connectivity index (χ1n) is 7.06. The Labute approximate surface area is 108 Å². The van der Waals surface area contributed by atoms with Crippen LogP contribution in [0.25, 0.3) is 0 Å². The van der Waals surface area contributed by atoms with E-state index in [0.29, 0.717) is 11.7 Å². The lowest BCUT2D eigenvalue weighted by atomic mass is 9.75. The molecular weight excluding hydrogens is 224 g/mol. The molecule has 0 spiro atoms. The van der Waals surface area contributed by atoms with Gasteiger partial charge in [-0.15, -0.1) is 0 Å². The molecule has 1 aromatic rings. The van der Waals surface area contributed by atoms with Gasteiger partial charge < -0.3 is 11.1 Å². The van der Waals surface area contributed by atoms with Crippen molar-refractivity contribution in [2.45, 2.75) is 63.8 Å². The SMILES string of the molecule is CCC1(Nc2nc(C3CC3)nc(N)c2C)CCC1. The van der Waals surface area contributed by atoms with E-state index in [1.54, 1.807) is 0 Å². The van der Waals surface area contributed by atoms with Crippen molar-refractivity contribution >= 4 is 11.6 Å². The summed E-state index contributed by atoms with van der Waals surface area (Å²) in [4.78, 5) is 9.13. The maximum absolute atomic E-state index is 6.02. The van der Waals surface area contributed by atoms with Crippen LogP contribution in [0.1, 0.15) is 62.8 Å². The second kappa shape index (κ2) is 4.11. The van der Waals surface area contributed by atoms with Crippen molar-refractivity contribution < 1.29 is 0 Å². The number of anilines is 2. The topological polar surface area (TPSA) is 63.8 Å². The zero-order valence-electron chi connectivity index (χ0n) is 11.3. The Morgan fingerprint density at radius 2 is 2.06 bits per heavy atom. The third-order valence-electron chi connectivity index (χ3n) is 4.51. The zero-order valence-corrected chi connectivity index (χ0v) is 11.3. The van der Waals surface area contributed by atoms with E-state index in [4.69, 9.17) is 10.7 Å². The van der Waals surface area contributed by atoms with Crippen LogP contribution in [0.4, 0.5) is 11.6 Å². The Morgan fingerprint density at radius 3 is 2.56 bits per heavy atom. The molecule has 0 unspecified atom stereocenters. The van der Waals surface area contributed by atoms with Gasteiger partial charge in [0.2, 0.25) is 0 Å². The third kappa shape index (κ3) is 1.93. The number of nitrogens with one attached hydrogen (secondary N) is 1. The van der Waals surface area contributed by atoms with Gasteiger partial charge in [-0.05, 0) is 45.4 Å². The van der Waals surface area contributed by atoms with Crippen LogP contribution in [0.5, 0.6) is 0 Å². The van der Waals surface area contributed by atoms with Crippen molar-refractivity contribution in [1.82, 2.24) is 9.97 Å². The highest BCUT2D eigenvalue weighted by Crippen LogP contribution is 2.41. The van der Waals surface area contributed by atoms with E-state index in [1.807, 2.05) is 6.92 Å². The summed E-state index contributed by atoms with van der Waals surface area (Å²) in [7, 11) is 0. The first-order chi connectivity index (χ1) is 8.63. The quantitative estimate of drug-likeness (QED) is 0.857. The lowest BCUT2D eigenvalue weighted by molar-refractivity contribution is 0.268. The molecule has 18 heavy (non-hydrogen) atoms. The monoisotopic (exact) mass is 246 g/mol. The van der Waals surface area contributed by atoms with Gasteiger partial charge in [0.1, 0.15) is 17.5 Å². The molecule has 1 heterocycles. The van der Waals surface area contributed by atoms with Crippen LogP contribution < -0.4 is 11.1 Å². The zero-order chi connectivity index (χ0) is 12.8. The van der Waals surface area contributed by atoms with Crippen LogP contribution in [-0.4, -0.2) is 15.5 Å². The normalized spacial score (nSPS) is 21.4. The van der Waals surface area contributed by atoms with Crippen molar-refractivity contribution in [1.29, 1.82) is 0 Å². The van der Waals surface area contributed by atoms with Gasteiger partial charge in [-0.1, -0.05) is 6.92 Å². The summed E-state index contributed by atoms with van der Waals surface area (Å²) >= 11 is 0. The van der Waals surface area contributed by atoms with Crippen molar-refractivity contribution in [3.05, 3.63) is 11.4 Å². The van der Waals surface area contributed by atoms with E-state index in [0.717, 1.165) is 23.6 Å².